The second-order valence-electron chi connectivity index (χ2n) is 4.99. The summed E-state index contributed by atoms with van der Waals surface area (Å²) < 4.78 is 44.3. The smallest absolute Gasteiger partial charge is 0.451 e. The number of halogens is 4. The minimum Gasteiger partial charge on any atom is -0.451 e. The van der Waals surface area contributed by atoms with Crippen LogP contribution in [0, 0.1) is 11.3 Å². The SMILES string of the molecule is COC1=[NH+]C(C)(C)C2(C)CC12.F[B-](F)(F)F. The van der Waals surface area contributed by atoms with Crippen molar-refractivity contribution in [3.05, 3.63) is 0 Å². The van der Waals surface area contributed by atoms with E-state index in [1.54, 1.807) is 7.11 Å². The van der Waals surface area contributed by atoms with E-state index < -0.39 is 7.25 Å². The van der Waals surface area contributed by atoms with Gasteiger partial charge < -0.3 is 22.0 Å². The van der Waals surface area contributed by atoms with Gasteiger partial charge in [0.25, 0.3) is 0 Å². The van der Waals surface area contributed by atoms with Crippen LogP contribution in [0.15, 0.2) is 0 Å². The van der Waals surface area contributed by atoms with Crippen LogP contribution in [0.5, 0.6) is 0 Å². The Bertz CT molecular complexity index is 309. The average Bonchev–Trinajstić information content (AvgIpc) is 2.68. The van der Waals surface area contributed by atoms with Crippen LogP contribution in [-0.2, 0) is 4.74 Å². The first-order valence-electron chi connectivity index (χ1n) is 5.07. The molecule has 0 aromatic carbocycles. The fourth-order valence-corrected chi connectivity index (χ4v) is 2.17. The Hall–Kier alpha value is -0.745. The molecule has 7 heteroatoms. The van der Waals surface area contributed by atoms with Gasteiger partial charge in [0.2, 0.25) is 0 Å². The van der Waals surface area contributed by atoms with Gasteiger partial charge in [0.15, 0.2) is 5.54 Å². The number of nitrogens with one attached hydrogen (secondary N) is 1. The van der Waals surface area contributed by atoms with Crippen LogP contribution in [-0.4, -0.2) is 25.8 Å². The van der Waals surface area contributed by atoms with Gasteiger partial charge in [-0.25, -0.2) is 4.99 Å². The molecule has 2 atom stereocenters. The number of methoxy groups -OCH3 is 1. The number of rotatable bonds is 0. The molecule has 0 aromatic rings. The first-order chi connectivity index (χ1) is 7.01. The summed E-state index contributed by atoms with van der Waals surface area (Å²) in [5.41, 5.74) is 0.682. The largest absolute Gasteiger partial charge is 0.673 e. The molecule has 1 aliphatic heterocycles. The lowest BCUT2D eigenvalue weighted by molar-refractivity contribution is -0.556. The summed E-state index contributed by atoms with van der Waals surface area (Å²) in [5.74, 6) is 1.76. The summed E-state index contributed by atoms with van der Waals surface area (Å²) in [6, 6.07) is 0. The fourth-order valence-electron chi connectivity index (χ4n) is 2.17. The Balaban J connectivity index is 0.000000221. The van der Waals surface area contributed by atoms with E-state index >= 15 is 0 Å². The molecule has 0 aromatic heterocycles. The first kappa shape index (κ1) is 13.3. The lowest BCUT2D eigenvalue weighted by Crippen LogP contribution is -2.85. The summed E-state index contributed by atoms with van der Waals surface area (Å²) in [7, 11) is -4.25. The second kappa shape index (κ2) is 3.63. The lowest BCUT2D eigenvalue weighted by atomic mass is 9.87. The third kappa shape index (κ3) is 2.49. The zero-order valence-electron chi connectivity index (χ0n) is 9.78. The van der Waals surface area contributed by atoms with Gasteiger partial charge in [0.1, 0.15) is 0 Å². The second-order valence-corrected chi connectivity index (χ2v) is 4.99. The number of fused-ring (bicyclic) bond motifs is 1. The van der Waals surface area contributed by atoms with E-state index in [0.29, 0.717) is 11.3 Å². The highest BCUT2D eigenvalue weighted by atomic mass is 19.5. The molecule has 0 radical (unpaired) electrons. The van der Waals surface area contributed by atoms with E-state index in [-0.39, 0.29) is 5.54 Å². The van der Waals surface area contributed by atoms with Crippen LogP contribution in [0.3, 0.4) is 0 Å². The van der Waals surface area contributed by atoms with Crippen molar-refractivity contribution < 1.29 is 27.0 Å². The molecular weight excluding hydrogens is 225 g/mol. The van der Waals surface area contributed by atoms with Crippen molar-refractivity contribution in [2.75, 3.05) is 7.11 Å². The maximum atomic E-state index is 9.75. The molecule has 1 aliphatic carbocycles. The molecule has 94 valence electrons. The minimum absolute atomic E-state index is 0.225. The number of hydrogen-bond acceptors (Lipinski definition) is 1. The van der Waals surface area contributed by atoms with E-state index in [1.807, 2.05) is 0 Å². The highest BCUT2D eigenvalue weighted by Gasteiger charge is 2.72. The maximum absolute atomic E-state index is 9.75. The lowest BCUT2D eigenvalue weighted by Gasteiger charge is -2.17. The van der Waals surface area contributed by atoms with Gasteiger partial charge in [-0.1, -0.05) is 6.92 Å². The third-order valence-corrected chi connectivity index (χ3v) is 3.64. The van der Waals surface area contributed by atoms with Gasteiger partial charge >= 0.3 is 13.2 Å². The monoisotopic (exact) mass is 241 g/mol. The van der Waals surface area contributed by atoms with Gasteiger partial charge in [-0.3, -0.25) is 0 Å². The van der Waals surface area contributed by atoms with E-state index in [9.17, 15) is 17.3 Å². The zero-order chi connectivity index (χ0) is 12.8. The molecule has 2 nitrogen and oxygen atoms in total. The Labute approximate surface area is 92.2 Å². The number of ether oxygens (including phenoxy) is 1. The normalized spacial score (nSPS) is 34.5. The summed E-state index contributed by atoms with van der Waals surface area (Å²) in [4.78, 5) is 3.41. The summed E-state index contributed by atoms with van der Waals surface area (Å²) in [6.45, 7) is 6.83. The Morgan fingerprint density at radius 2 is 1.69 bits per heavy atom. The van der Waals surface area contributed by atoms with E-state index in [4.69, 9.17) is 4.74 Å². The Kier molecular flexibility index (Phi) is 3.02. The van der Waals surface area contributed by atoms with Crippen molar-refractivity contribution in [1.29, 1.82) is 0 Å². The summed E-state index contributed by atoms with van der Waals surface area (Å²) in [6.07, 6.45) is 1.29. The maximum Gasteiger partial charge on any atom is 0.673 e. The molecule has 2 aliphatic rings. The first-order valence-corrected chi connectivity index (χ1v) is 5.07. The van der Waals surface area contributed by atoms with E-state index in [1.165, 1.54) is 6.42 Å². The van der Waals surface area contributed by atoms with Crippen molar-refractivity contribution >= 4 is 13.2 Å². The van der Waals surface area contributed by atoms with Crippen LogP contribution < -0.4 is 4.99 Å². The quantitative estimate of drug-likeness (QED) is 0.500. The summed E-state index contributed by atoms with van der Waals surface area (Å²) in [5, 5.41) is 0. The van der Waals surface area contributed by atoms with E-state index in [0.717, 1.165) is 5.90 Å². The molecule has 0 amide bonds. The molecule has 0 saturated heterocycles. The van der Waals surface area contributed by atoms with Crippen LogP contribution in [0.4, 0.5) is 17.3 Å². The molecule has 2 rings (SSSR count). The van der Waals surface area contributed by atoms with E-state index in [2.05, 4.69) is 25.8 Å². The highest BCUT2D eigenvalue weighted by molar-refractivity contribution is 6.50. The third-order valence-electron chi connectivity index (χ3n) is 3.64. The molecule has 1 N–H and O–H groups in total. The van der Waals surface area contributed by atoms with Crippen molar-refractivity contribution in [2.24, 2.45) is 11.3 Å². The highest BCUT2D eigenvalue weighted by Crippen LogP contribution is 2.59. The van der Waals surface area contributed by atoms with Crippen molar-refractivity contribution in [1.82, 2.24) is 0 Å². The predicted molar refractivity (Wildman–Crippen MR) is 53.5 cm³/mol. The van der Waals surface area contributed by atoms with Crippen molar-refractivity contribution in [2.45, 2.75) is 32.7 Å². The van der Waals surface area contributed by atoms with Crippen molar-refractivity contribution in [3.63, 3.8) is 0 Å². The standard InChI is InChI=1S/C9H15NO.BF4/c1-8(2)9(3)5-6(9)7(10-8)11-4;2-1(3,4)5/h6H,5H2,1-4H3;/q;-1/p+1. The zero-order valence-corrected chi connectivity index (χ0v) is 9.78. The predicted octanol–water partition coefficient (Wildman–Crippen LogP) is 1.23. The molecule has 0 bridgehead atoms. The van der Waals surface area contributed by atoms with Gasteiger partial charge in [0.05, 0.1) is 13.0 Å². The van der Waals surface area contributed by atoms with Gasteiger partial charge in [0, 0.05) is 19.3 Å². The molecule has 1 heterocycles. The fraction of sp³-hybridized carbons (Fsp3) is 0.889. The minimum atomic E-state index is -6.00. The topological polar surface area (TPSA) is 23.2 Å². The van der Waals surface area contributed by atoms with Gasteiger partial charge in [-0.05, 0) is 6.42 Å². The molecule has 1 fully saturated rings. The summed E-state index contributed by atoms with van der Waals surface area (Å²) >= 11 is 0. The van der Waals surface area contributed by atoms with Crippen LogP contribution in [0.1, 0.15) is 27.2 Å². The molecule has 0 spiro atoms. The molecule has 1 saturated carbocycles. The number of hydrogen-bond donors (Lipinski definition) is 1. The van der Waals surface area contributed by atoms with Gasteiger partial charge in [-0.15, -0.1) is 0 Å². The van der Waals surface area contributed by atoms with Crippen LogP contribution in [0.25, 0.3) is 0 Å². The van der Waals surface area contributed by atoms with Gasteiger partial charge in [-0.2, -0.15) is 0 Å². The average molecular weight is 241 g/mol. The van der Waals surface area contributed by atoms with Crippen LogP contribution in [0.2, 0.25) is 0 Å². The van der Waals surface area contributed by atoms with Crippen LogP contribution >= 0.6 is 0 Å². The Morgan fingerprint density at radius 1 is 1.25 bits per heavy atom. The molecule has 16 heavy (non-hydrogen) atoms. The van der Waals surface area contributed by atoms with Crippen molar-refractivity contribution in [3.8, 4) is 0 Å². The molecular formula is C9H16BF4NO. The molecule has 2 unspecified atom stereocenters. The Morgan fingerprint density at radius 3 is 1.81 bits per heavy atom.